The van der Waals surface area contributed by atoms with Gasteiger partial charge in [0.15, 0.2) is 0 Å². The third-order valence-electron chi connectivity index (χ3n) is 4.60. The molecule has 1 atom stereocenters. The zero-order valence-electron chi connectivity index (χ0n) is 15.4. The van der Waals surface area contributed by atoms with Crippen LogP contribution in [0.4, 0.5) is 11.4 Å². The normalized spacial score (nSPS) is 15.4. The minimum absolute atomic E-state index is 0.0569. The van der Waals surface area contributed by atoms with Crippen LogP contribution in [-0.4, -0.2) is 31.9 Å². The SMILES string of the molecule is CNC(=O)c1ccc(NC(=O)C2CC(=O)Nc3c(OC)cccc32)c(C)c1. The largest absolute Gasteiger partial charge is 0.495 e. The molecule has 0 saturated carbocycles. The Kier molecular flexibility index (Phi) is 5.12. The molecule has 3 rings (SSSR count). The molecule has 0 aromatic heterocycles. The number of carbonyl (C=O) groups is 3. The molecule has 1 aliphatic heterocycles. The van der Waals surface area contributed by atoms with Crippen LogP contribution in [0.1, 0.15) is 33.8 Å². The lowest BCUT2D eigenvalue weighted by molar-refractivity contribution is -0.123. The fourth-order valence-corrected chi connectivity index (χ4v) is 3.17. The van der Waals surface area contributed by atoms with E-state index in [9.17, 15) is 14.4 Å². The van der Waals surface area contributed by atoms with E-state index in [4.69, 9.17) is 4.74 Å². The van der Waals surface area contributed by atoms with Gasteiger partial charge in [0, 0.05) is 24.7 Å². The van der Waals surface area contributed by atoms with Gasteiger partial charge < -0.3 is 20.7 Å². The first-order valence-corrected chi connectivity index (χ1v) is 8.55. The Hall–Kier alpha value is -3.35. The van der Waals surface area contributed by atoms with E-state index in [-0.39, 0.29) is 24.1 Å². The highest BCUT2D eigenvalue weighted by atomic mass is 16.5. The van der Waals surface area contributed by atoms with Crippen molar-refractivity contribution in [3.8, 4) is 5.75 Å². The first-order valence-electron chi connectivity index (χ1n) is 8.55. The van der Waals surface area contributed by atoms with Gasteiger partial charge in [-0.15, -0.1) is 0 Å². The lowest BCUT2D eigenvalue weighted by Gasteiger charge is -2.26. The van der Waals surface area contributed by atoms with Crippen molar-refractivity contribution in [1.82, 2.24) is 5.32 Å². The number of rotatable bonds is 4. The zero-order chi connectivity index (χ0) is 19.6. The lowest BCUT2D eigenvalue weighted by Crippen LogP contribution is -2.31. The molecule has 0 bridgehead atoms. The summed E-state index contributed by atoms with van der Waals surface area (Å²) in [5.41, 5.74) is 3.12. The standard InChI is InChI=1S/C20H21N3O4/c1-11-9-12(19(25)21-2)7-8-15(11)22-20(26)14-10-17(24)23-18-13(14)5-4-6-16(18)27-3/h4-9,14H,10H2,1-3H3,(H,21,25)(H,22,26)(H,23,24). The fourth-order valence-electron chi connectivity index (χ4n) is 3.17. The van der Waals surface area contributed by atoms with Crippen LogP contribution in [0, 0.1) is 6.92 Å². The first-order chi connectivity index (χ1) is 12.9. The second kappa shape index (κ2) is 7.49. The Morgan fingerprint density at radius 1 is 1.22 bits per heavy atom. The molecule has 1 unspecified atom stereocenters. The molecular weight excluding hydrogens is 346 g/mol. The van der Waals surface area contributed by atoms with E-state index in [2.05, 4.69) is 16.0 Å². The average molecular weight is 367 g/mol. The van der Waals surface area contributed by atoms with Crippen molar-refractivity contribution in [2.75, 3.05) is 24.8 Å². The van der Waals surface area contributed by atoms with Crippen molar-refractivity contribution >= 4 is 29.1 Å². The van der Waals surface area contributed by atoms with Crippen molar-refractivity contribution in [1.29, 1.82) is 0 Å². The Morgan fingerprint density at radius 2 is 2.00 bits per heavy atom. The maximum Gasteiger partial charge on any atom is 0.251 e. The van der Waals surface area contributed by atoms with Crippen molar-refractivity contribution < 1.29 is 19.1 Å². The van der Waals surface area contributed by atoms with Crippen molar-refractivity contribution in [3.05, 3.63) is 53.1 Å². The van der Waals surface area contributed by atoms with Crippen molar-refractivity contribution in [3.63, 3.8) is 0 Å². The fraction of sp³-hybridized carbons (Fsp3) is 0.250. The van der Waals surface area contributed by atoms with Crippen molar-refractivity contribution in [2.24, 2.45) is 0 Å². The van der Waals surface area contributed by atoms with E-state index in [1.807, 2.05) is 13.0 Å². The summed E-state index contributed by atoms with van der Waals surface area (Å²) < 4.78 is 5.29. The molecule has 7 nitrogen and oxygen atoms in total. The Bertz CT molecular complexity index is 923. The molecule has 0 fully saturated rings. The summed E-state index contributed by atoms with van der Waals surface area (Å²) in [6, 6.07) is 10.4. The number of anilines is 2. The molecule has 2 aromatic rings. The van der Waals surface area contributed by atoms with Crippen LogP contribution >= 0.6 is 0 Å². The van der Waals surface area contributed by atoms with Gasteiger partial charge in [0.1, 0.15) is 5.75 Å². The second-order valence-corrected chi connectivity index (χ2v) is 6.33. The van der Waals surface area contributed by atoms with Gasteiger partial charge in [0.25, 0.3) is 5.91 Å². The molecule has 2 aromatic carbocycles. The van der Waals surface area contributed by atoms with Crippen LogP contribution in [-0.2, 0) is 9.59 Å². The quantitative estimate of drug-likeness (QED) is 0.773. The zero-order valence-corrected chi connectivity index (χ0v) is 15.4. The molecule has 7 heteroatoms. The molecule has 1 aliphatic rings. The lowest BCUT2D eigenvalue weighted by atomic mass is 9.89. The number of hydrogen-bond acceptors (Lipinski definition) is 4. The van der Waals surface area contributed by atoms with Gasteiger partial charge in [-0.2, -0.15) is 0 Å². The first kappa shape index (κ1) is 18.4. The number of amides is 3. The van der Waals surface area contributed by atoms with Crippen LogP contribution in [0.5, 0.6) is 5.75 Å². The minimum Gasteiger partial charge on any atom is -0.495 e. The van der Waals surface area contributed by atoms with E-state index in [1.165, 1.54) is 7.11 Å². The summed E-state index contributed by atoms with van der Waals surface area (Å²) >= 11 is 0. The highest BCUT2D eigenvalue weighted by molar-refractivity contribution is 6.06. The number of benzene rings is 2. The molecule has 27 heavy (non-hydrogen) atoms. The summed E-state index contributed by atoms with van der Waals surface area (Å²) in [5.74, 6) is -0.818. The van der Waals surface area contributed by atoms with Crippen LogP contribution in [0.2, 0.25) is 0 Å². The van der Waals surface area contributed by atoms with Crippen LogP contribution in [0.15, 0.2) is 36.4 Å². The summed E-state index contributed by atoms with van der Waals surface area (Å²) in [6.45, 7) is 1.81. The minimum atomic E-state index is -0.623. The number of aryl methyl sites for hydroxylation is 1. The summed E-state index contributed by atoms with van der Waals surface area (Å²) in [5, 5.41) is 8.21. The third kappa shape index (κ3) is 3.62. The van der Waals surface area contributed by atoms with Gasteiger partial charge in [-0.25, -0.2) is 0 Å². The van der Waals surface area contributed by atoms with Gasteiger partial charge in [0.2, 0.25) is 11.8 Å². The second-order valence-electron chi connectivity index (χ2n) is 6.33. The van der Waals surface area contributed by atoms with Gasteiger partial charge in [-0.05, 0) is 42.3 Å². The molecule has 140 valence electrons. The van der Waals surface area contributed by atoms with E-state index in [0.717, 1.165) is 5.56 Å². The molecule has 0 spiro atoms. The number of para-hydroxylation sites is 1. The molecule has 1 heterocycles. The molecule has 0 saturated heterocycles. The van der Waals surface area contributed by atoms with E-state index < -0.39 is 5.92 Å². The predicted molar refractivity (Wildman–Crippen MR) is 102 cm³/mol. The monoisotopic (exact) mass is 367 g/mol. The maximum atomic E-state index is 12.9. The van der Waals surface area contributed by atoms with Gasteiger partial charge in [-0.3, -0.25) is 14.4 Å². The number of fused-ring (bicyclic) bond motifs is 1. The summed E-state index contributed by atoms with van der Waals surface area (Å²) in [4.78, 5) is 36.7. The Balaban J connectivity index is 1.87. The van der Waals surface area contributed by atoms with E-state index in [1.54, 1.807) is 37.4 Å². The third-order valence-corrected chi connectivity index (χ3v) is 4.60. The van der Waals surface area contributed by atoms with Crippen LogP contribution < -0.4 is 20.7 Å². The van der Waals surface area contributed by atoms with Gasteiger partial charge >= 0.3 is 0 Å². The maximum absolute atomic E-state index is 12.9. The average Bonchev–Trinajstić information content (AvgIpc) is 2.67. The van der Waals surface area contributed by atoms with Crippen LogP contribution in [0.25, 0.3) is 0 Å². The number of hydrogen-bond donors (Lipinski definition) is 3. The molecule has 3 amide bonds. The topological polar surface area (TPSA) is 96.5 Å². The number of carbonyl (C=O) groups excluding carboxylic acids is 3. The molecule has 0 radical (unpaired) electrons. The van der Waals surface area contributed by atoms with Gasteiger partial charge in [-0.1, -0.05) is 12.1 Å². The predicted octanol–water partition coefficient (Wildman–Crippen LogP) is 2.43. The van der Waals surface area contributed by atoms with Crippen molar-refractivity contribution in [2.45, 2.75) is 19.3 Å². The molecule has 0 aliphatic carbocycles. The Morgan fingerprint density at radius 3 is 2.67 bits per heavy atom. The highest BCUT2D eigenvalue weighted by Crippen LogP contribution is 2.39. The smallest absolute Gasteiger partial charge is 0.251 e. The van der Waals surface area contributed by atoms with E-state index in [0.29, 0.717) is 28.3 Å². The Labute approximate surface area is 157 Å². The number of ether oxygens (including phenoxy) is 1. The molecule has 3 N–H and O–H groups in total. The van der Waals surface area contributed by atoms with E-state index >= 15 is 0 Å². The highest BCUT2D eigenvalue weighted by Gasteiger charge is 2.32. The van der Waals surface area contributed by atoms with Gasteiger partial charge in [0.05, 0.1) is 18.7 Å². The van der Waals surface area contributed by atoms with Crippen LogP contribution in [0.3, 0.4) is 0 Å². The summed E-state index contributed by atoms with van der Waals surface area (Å²) in [6.07, 6.45) is 0.0569. The number of methoxy groups -OCH3 is 1. The summed E-state index contributed by atoms with van der Waals surface area (Å²) in [7, 11) is 3.08. The molecular formula is C20H21N3O4. The number of nitrogens with one attached hydrogen (secondary N) is 3.